The van der Waals surface area contributed by atoms with Gasteiger partial charge in [-0.2, -0.15) is 0 Å². The highest BCUT2D eigenvalue weighted by molar-refractivity contribution is 5.01. The van der Waals surface area contributed by atoms with Crippen molar-refractivity contribution in [2.24, 2.45) is 0 Å². The van der Waals surface area contributed by atoms with Crippen molar-refractivity contribution >= 4 is 0 Å². The summed E-state index contributed by atoms with van der Waals surface area (Å²) >= 11 is 0. The van der Waals surface area contributed by atoms with E-state index in [9.17, 15) is 0 Å². The third-order valence-electron chi connectivity index (χ3n) is 2.33. The molecule has 1 aromatic heterocycles. The van der Waals surface area contributed by atoms with Crippen LogP contribution in [0.1, 0.15) is 37.5 Å². The number of ether oxygens (including phenoxy) is 1. The highest BCUT2D eigenvalue weighted by Crippen LogP contribution is 2.36. The summed E-state index contributed by atoms with van der Waals surface area (Å²) in [5, 5.41) is 17.0. The van der Waals surface area contributed by atoms with E-state index in [4.69, 9.17) is 9.84 Å². The molecule has 1 aliphatic rings. The van der Waals surface area contributed by atoms with Crippen molar-refractivity contribution in [3.8, 4) is 0 Å². The Morgan fingerprint density at radius 1 is 1.43 bits per heavy atom. The zero-order chi connectivity index (χ0) is 9.97. The molecule has 0 aromatic carbocycles. The number of nitrogens with zero attached hydrogens (tertiary/aromatic N) is 3. The lowest BCUT2D eigenvalue weighted by Crippen LogP contribution is -2.07. The first-order valence-corrected chi connectivity index (χ1v) is 4.98. The largest absolute Gasteiger partial charge is 0.388 e. The van der Waals surface area contributed by atoms with Gasteiger partial charge in [0.2, 0.25) is 0 Å². The van der Waals surface area contributed by atoms with Gasteiger partial charge in [0.1, 0.15) is 13.2 Å². The average molecular weight is 197 g/mol. The monoisotopic (exact) mass is 197 g/mol. The van der Waals surface area contributed by atoms with E-state index in [1.54, 1.807) is 0 Å². The Kier molecular flexibility index (Phi) is 2.79. The van der Waals surface area contributed by atoms with Gasteiger partial charge < -0.3 is 14.4 Å². The third-order valence-corrected chi connectivity index (χ3v) is 2.33. The van der Waals surface area contributed by atoms with Crippen LogP contribution in [0.25, 0.3) is 0 Å². The van der Waals surface area contributed by atoms with E-state index in [2.05, 4.69) is 10.2 Å². The average Bonchev–Trinajstić information content (AvgIpc) is 2.96. The Bertz CT molecular complexity index is 307. The van der Waals surface area contributed by atoms with Crippen molar-refractivity contribution in [1.82, 2.24) is 14.8 Å². The Hall–Kier alpha value is -0.940. The first-order chi connectivity index (χ1) is 6.86. The molecule has 14 heavy (non-hydrogen) atoms. The van der Waals surface area contributed by atoms with Gasteiger partial charge in [-0.05, 0) is 19.8 Å². The van der Waals surface area contributed by atoms with E-state index >= 15 is 0 Å². The Morgan fingerprint density at radius 3 is 2.71 bits per heavy atom. The number of hydrogen-bond donors (Lipinski definition) is 1. The van der Waals surface area contributed by atoms with E-state index in [1.165, 1.54) is 0 Å². The SMILES string of the molecule is CCOCc1nnc(CO)n1C1CC1. The van der Waals surface area contributed by atoms with Gasteiger partial charge in [0.25, 0.3) is 0 Å². The smallest absolute Gasteiger partial charge is 0.159 e. The summed E-state index contributed by atoms with van der Waals surface area (Å²) < 4.78 is 7.30. The maximum absolute atomic E-state index is 9.07. The molecule has 1 saturated carbocycles. The second kappa shape index (κ2) is 4.06. The summed E-state index contributed by atoms with van der Waals surface area (Å²) in [4.78, 5) is 0. The van der Waals surface area contributed by atoms with Gasteiger partial charge in [-0.1, -0.05) is 0 Å². The summed E-state index contributed by atoms with van der Waals surface area (Å²) in [6.45, 7) is 3.06. The van der Waals surface area contributed by atoms with Gasteiger partial charge in [0, 0.05) is 12.6 Å². The highest BCUT2D eigenvalue weighted by Gasteiger charge is 2.28. The first kappa shape index (κ1) is 9.61. The molecule has 1 heterocycles. The molecule has 5 heteroatoms. The van der Waals surface area contributed by atoms with E-state index in [1.807, 2.05) is 11.5 Å². The van der Waals surface area contributed by atoms with Crippen LogP contribution >= 0.6 is 0 Å². The molecule has 78 valence electrons. The molecule has 1 N–H and O–H groups in total. The fourth-order valence-electron chi connectivity index (χ4n) is 1.51. The highest BCUT2D eigenvalue weighted by atomic mass is 16.5. The maximum atomic E-state index is 9.07. The number of rotatable bonds is 5. The summed E-state index contributed by atoms with van der Waals surface area (Å²) in [5.41, 5.74) is 0. The molecule has 5 nitrogen and oxygen atoms in total. The zero-order valence-corrected chi connectivity index (χ0v) is 8.31. The zero-order valence-electron chi connectivity index (χ0n) is 8.31. The molecule has 1 fully saturated rings. The number of aliphatic hydroxyl groups is 1. The van der Waals surface area contributed by atoms with E-state index in [-0.39, 0.29) is 6.61 Å². The third kappa shape index (κ3) is 1.78. The molecule has 0 unspecified atom stereocenters. The molecular formula is C9H15N3O2. The van der Waals surface area contributed by atoms with E-state index in [0.717, 1.165) is 18.7 Å². The molecule has 0 radical (unpaired) electrons. The topological polar surface area (TPSA) is 60.2 Å². The number of aliphatic hydroxyl groups excluding tert-OH is 1. The quantitative estimate of drug-likeness (QED) is 0.752. The minimum atomic E-state index is -0.0460. The Labute approximate surface area is 82.7 Å². The molecule has 0 atom stereocenters. The van der Waals surface area contributed by atoms with Crippen molar-refractivity contribution in [2.75, 3.05) is 6.61 Å². The second-order valence-electron chi connectivity index (χ2n) is 3.43. The van der Waals surface area contributed by atoms with Crippen LogP contribution in [-0.4, -0.2) is 26.5 Å². The van der Waals surface area contributed by atoms with Crippen molar-refractivity contribution in [2.45, 2.75) is 39.0 Å². The predicted octanol–water partition coefficient (Wildman–Crippen LogP) is 0.642. The molecule has 2 rings (SSSR count). The van der Waals surface area contributed by atoms with Crippen LogP contribution in [-0.2, 0) is 18.0 Å². The van der Waals surface area contributed by atoms with Gasteiger partial charge in [-0.3, -0.25) is 0 Å². The molecule has 1 aliphatic carbocycles. The van der Waals surface area contributed by atoms with Crippen LogP contribution in [0.15, 0.2) is 0 Å². The molecule has 1 aromatic rings. The van der Waals surface area contributed by atoms with Crippen molar-refractivity contribution in [3.63, 3.8) is 0 Å². The molecule has 0 amide bonds. The number of hydrogen-bond acceptors (Lipinski definition) is 4. The van der Waals surface area contributed by atoms with E-state index in [0.29, 0.717) is 25.1 Å². The van der Waals surface area contributed by atoms with E-state index < -0.39 is 0 Å². The maximum Gasteiger partial charge on any atom is 0.159 e. The van der Waals surface area contributed by atoms with Crippen molar-refractivity contribution < 1.29 is 9.84 Å². The minimum Gasteiger partial charge on any atom is -0.388 e. The molecular weight excluding hydrogens is 182 g/mol. The van der Waals surface area contributed by atoms with Crippen LogP contribution in [0.4, 0.5) is 0 Å². The minimum absolute atomic E-state index is 0.0460. The molecule has 0 aliphatic heterocycles. The molecule has 0 spiro atoms. The molecule has 0 bridgehead atoms. The first-order valence-electron chi connectivity index (χ1n) is 4.98. The summed E-state index contributed by atoms with van der Waals surface area (Å²) in [5.74, 6) is 1.49. The summed E-state index contributed by atoms with van der Waals surface area (Å²) in [6.07, 6.45) is 2.31. The Morgan fingerprint density at radius 2 is 2.14 bits per heavy atom. The van der Waals surface area contributed by atoms with Crippen LogP contribution < -0.4 is 0 Å². The summed E-state index contributed by atoms with van der Waals surface area (Å²) in [6, 6.07) is 0.489. The van der Waals surface area contributed by atoms with Crippen molar-refractivity contribution in [1.29, 1.82) is 0 Å². The number of aromatic nitrogens is 3. The Balaban J connectivity index is 2.16. The molecule has 0 saturated heterocycles. The predicted molar refractivity (Wildman–Crippen MR) is 49.5 cm³/mol. The van der Waals surface area contributed by atoms with Crippen LogP contribution in [0.3, 0.4) is 0 Å². The fourth-order valence-corrected chi connectivity index (χ4v) is 1.51. The van der Waals surface area contributed by atoms with Crippen LogP contribution in [0, 0.1) is 0 Å². The standard InChI is InChI=1S/C9H15N3O2/c1-2-14-6-9-11-10-8(5-13)12(9)7-3-4-7/h7,13H,2-6H2,1H3. The van der Waals surface area contributed by atoms with Gasteiger partial charge in [-0.25, -0.2) is 0 Å². The van der Waals surface area contributed by atoms with Crippen LogP contribution in [0.2, 0.25) is 0 Å². The van der Waals surface area contributed by atoms with Gasteiger partial charge in [-0.15, -0.1) is 10.2 Å². The lowest BCUT2D eigenvalue weighted by Gasteiger charge is -2.06. The lowest BCUT2D eigenvalue weighted by molar-refractivity contribution is 0.125. The normalized spacial score (nSPS) is 16.1. The lowest BCUT2D eigenvalue weighted by atomic mass is 10.5. The fraction of sp³-hybridized carbons (Fsp3) is 0.778. The van der Waals surface area contributed by atoms with Gasteiger partial charge >= 0.3 is 0 Å². The van der Waals surface area contributed by atoms with Gasteiger partial charge in [0.05, 0.1) is 0 Å². The summed E-state index contributed by atoms with van der Waals surface area (Å²) in [7, 11) is 0. The van der Waals surface area contributed by atoms with Gasteiger partial charge in [0.15, 0.2) is 11.6 Å². The second-order valence-corrected chi connectivity index (χ2v) is 3.43. The van der Waals surface area contributed by atoms with Crippen LogP contribution in [0.5, 0.6) is 0 Å². The van der Waals surface area contributed by atoms with Crippen molar-refractivity contribution in [3.05, 3.63) is 11.6 Å².